The van der Waals surface area contributed by atoms with Crippen molar-refractivity contribution in [2.75, 3.05) is 18.5 Å². The minimum atomic E-state index is -0.150. The number of nitrogens with one attached hydrogen (secondary N) is 1. The van der Waals surface area contributed by atoms with Gasteiger partial charge in [0.25, 0.3) is 5.91 Å². The predicted molar refractivity (Wildman–Crippen MR) is 111 cm³/mol. The van der Waals surface area contributed by atoms with Crippen LogP contribution < -0.4 is 10.1 Å². The number of thiazole rings is 1. The second-order valence-corrected chi connectivity index (χ2v) is 7.82. The summed E-state index contributed by atoms with van der Waals surface area (Å²) >= 11 is 1.62. The summed E-state index contributed by atoms with van der Waals surface area (Å²) in [7, 11) is 0. The Morgan fingerprint density at radius 2 is 2.00 bits per heavy atom. The Labute approximate surface area is 168 Å². The van der Waals surface area contributed by atoms with E-state index >= 15 is 0 Å². The molecule has 1 atom stereocenters. The molecule has 0 spiro atoms. The van der Waals surface area contributed by atoms with E-state index in [0.717, 1.165) is 47.2 Å². The molecule has 1 fully saturated rings. The van der Waals surface area contributed by atoms with Crippen LogP contribution in [0.4, 0.5) is 5.69 Å². The van der Waals surface area contributed by atoms with E-state index in [1.807, 2.05) is 48.7 Å². The number of hydrogen-bond donors (Lipinski definition) is 1. The topological polar surface area (TPSA) is 60.5 Å². The average Bonchev–Trinajstić information content (AvgIpc) is 3.39. The molecule has 0 bridgehead atoms. The van der Waals surface area contributed by atoms with E-state index in [-0.39, 0.29) is 12.0 Å². The summed E-state index contributed by atoms with van der Waals surface area (Å²) in [5, 5.41) is 5.99. The van der Waals surface area contributed by atoms with Gasteiger partial charge in [0.1, 0.15) is 12.4 Å². The fraction of sp³-hybridized carbons (Fsp3) is 0.273. The zero-order valence-corrected chi connectivity index (χ0v) is 16.5. The minimum Gasteiger partial charge on any atom is -0.491 e. The molecule has 1 aromatic heterocycles. The molecule has 1 amide bonds. The zero-order valence-electron chi connectivity index (χ0n) is 15.7. The highest BCUT2D eigenvalue weighted by molar-refractivity contribution is 7.09. The molecule has 1 aliphatic rings. The molecule has 28 heavy (non-hydrogen) atoms. The normalized spacial score (nSPS) is 16.1. The van der Waals surface area contributed by atoms with Gasteiger partial charge in [0, 0.05) is 28.8 Å². The maximum Gasteiger partial charge on any atom is 0.255 e. The van der Waals surface area contributed by atoms with Crippen molar-refractivity contribution in [1.82, 2.24) is 4.98 Å². The first-order chi connectivity index (χ1) is 13.7. The van der Waals surface area contributed by atoms with Crippen molar-refractivity contribution < 1.29 is 14.3 Å². The number of anilines is 1. The van der Waals surface area contributed by atoms with Gasteiger partial charge in [-0.25, -0.2) is 4.98 Å². The Bertz CT molecular complexity index is 929. The van der Waals surface area contributed by atoms with E-state index in [1.165, 1.54) is 0 Å². The largest absolute Gasteiger partial charge is 0.491 e. The number of amides is 1. The third-order valence-corrected chi connectivity index (χ3v) is 5.41. The SMILES string of the molecule is Cc1nc(-c2ccc(NC(=O)c3ccc(OCC4CCCO4)cc3)cc2)cs1. The molecule has 3 aromatic rings. The van der Waals surface area contributed by atoms with Crippen LogP contribution in [0.1, 0.15) is 28.2 Å². The van der Waals surface area contributed by atoms with E-state index in [4.69, 9.17) is 9.47 Å². The fourth-order valence-electron chi connectivity index (χ4n) is 3.09. The van der Waals surface area contributed by atoms with Gasteiger partial charge >= 0.3 is 0 Å². The van der Waals surface area contributed by atoms with Crippen LogP contribution in [0.5, 0.6) is 5.75 Å². The van der Waals surface area contributed by atoms with Crippen molar-refractivity contribution in [3.8, 4) is 17.0 Å². The molecule has 2 heterocycles. The van der Waals surface area contributed by atoms with Crippen molar-refractivity contribution in [3.63, 3.8) is 0 Å². The highest BCUT2D eigenvalue weighted by Crippen LogP contribution is 2.23. The highest BCUT2D eigenvalue weighted by atomic mass is 32.1. The standard InChI is InChI=1S/C22H22N2O3S/c1-15-23-21(14-28-15)16-4-8-18(9-5-16)24-22(25)17-6-10-19(11-7-17)27-13-20-3-2-12-26-20/h4-11,14,20H,2-3,12-13H2,1H3,(H,24,25). The lowest BCUT2D eigenvalue weighted by atomic mass is 10.1. The Kier molecular flexibility index (Phi) is 5.69. The first kappa shape index (κ1) is 18.7. The Balaban J connectivity index is 1.33. The summed E-state index contributed by atoms with van der Waals surface area (Å²) in [4.78, 5) is 16.9. The molecule has 4 rings (SSSR count). The van der Waals surface area contributed by atoms with Gasteiger partial charge < -0.3 is 14.8 Å². The monoisotopic (exact) mass is 394 g/mol. The Morgan fingerprint density at radius 1 is 1.21 bits per heavy atom. The van der Waals surface area contributed by atoms with Crippen molar-refractivity contribution in [2.24, 2.45) is 0 Å². The Morgan fingerprint density at radius 3 is 2.64 bits per heavy atom. The lowest BCUT2D eigenvalue weighted by molar-refractivity contribution is 0.0679. The van der Waals surface area contributed by atoms with Gasteiger partial charge in [-0.2, -0.15) is 0 Å². The number of rotatable bonds is 6. The number of benzene rings is 2. The van der Waals surface area contributed by atoms with Gasteiger partial charge in [-0.15, -0.1) is 11.3 Å². The third-order valence-electron chi connectivity index (χ3n) is 4.63. The molecule has 5 nitrogen and oxygen atoms in total. The minimum absolute atomic E-state index is 0.150. The van der Waals surface area contributed by atoms with Gasteiger partial charge in [-0.3, -0.25) is 4.79 Å². The summed E-state index contributed by atoms with van der Waals surface area (Å²) in [6.07, 6.45) is 2.32. The van der Waals surface area contributed by atoms with Gasteiger partial charge in [-0.05, 0) is 56.2 Å². The lowest BCUT2D eigenvalue weighted by Gasteiger charge is -2.12. The number of ether oxygens (including phenoxy) is 2. The van der Waals surface area contributed by atoms with E-state index in [1.54, 1.807) is 23.5 Å². The van der Waals surface area contributed by atoms with Gasteiger partial charge in [0.15, 0.2) is 0 Å². The van der Waals surface area contributed by atoms with E-state index in [2.05, 4.69) is 10.3 Å². The number of nitrogens with zero attached hydrogens (tertiary/aromatic N) is 1. The summed E-state index contributed by atoms with van der Waals surface area (Å²) in [6, 6.07) is 14.9. The van der Waals surface area contributed by atoms with E-state index in [9.17, 15) is 4.79 Å². The van der Waals surface area contributed by atoms with E-state index < -0.39 is 0 Å². The molecule has 2 aromatic carbocycles. The van der Waals surface area contributed by atoms with Crippen LogP contribution in [-0.2, 0) is 4.74 Å². The predicted octanol–water partition coefficient (Wildman–Crippen LogP) is 4.93. The smallest absolute Gasteiger partial charge is 0.255 e. The van der Waals surface area contributed by atoms with Crippen LogP contribution in [0.25, 0.3) is 11.3 Å². The molecular formula is C22H22N2O3S. The van der Waals surface area contributed by atoms with Gasteiger partial charge in [-0.1, -0.05) is 12.1 Å². The average molecular weight is 394 g/mol. The summed E-state index contributed by atoms with van der Waals surface area (Å²) in [5.41, 5.74) is 3.33. The second kappa shape index (κ2) is 8.54. The van der Waals surface area contributed by atoms with Crippen LogP contribution >= 0.6 is 11.3 Å². The van der Waals surface area contributed by atoms with Crippen molar-refractivity contribution in [2.45, 2.75) is 25.9 Å². The number of aromatic nitrogens is 1. The Hall–Kier alpha value is -2.70. The van der Waals surface area contributed by atoms with Crippen LogP contribution in [-0.4, -0.2) is 30.2 Å². The lowest BCUT2D eigenvalue weighted by Crippen LogP contribution is -2.16. The summed E-state index contributed by atoms with van der Waals surface area (Å²) < 4.78 is 11.3. The first-order valence-electron chi connectivity index (χ1n) is 9.36. The number of hydrogen-bond acceptors (Lipinski definition) is 5. The summed E-state index contributed by atoms with van der Waals surface area (Å²) in [5.74, 6) is 0.595. The van der Waals surface area contributed by atoms with Crippen LogP contribution in [0.2, 0.25) is 0 Å². The third kappa shape index (κ3) is 4.58. The highest BCUT2D eigenvalue weighted by Gasteiger charge is 2.16. The van der Waals surface area contributed by atoms with Crippen LogP contribution in [0.15, 0.2) is 53.9 Å². The molecule has 0 saturated carbocycles. The molecule has 1 unspecified atom stereocenters. The zero-order chi connectivity index (χ0) is 19.3. The van der Waals surface area contributed by atoms with Crippen molar-refractivity contribution in [1.29, 1.82) is 0 Å². The second-order valence-electron chi connectivity index (χ2n) is 6.75. The first-order valence-corrected chi connectivity index (χ1v) is 10.2. The quantitative estimate of drug-likeness (QED) is 0.644. The van der Waals surface area contributed by atoms with E-state index in [0.29, 0.717) is 12.2 Å². The fourth-order valence-corrected chi connectivity index (χ4v) is 3.71. The number of carbonyl (C=O) groups excluding carboxylic acids is 1. The molecule has 144 valence electrons. The van der Waals surface area contributed by atoms with Crippen molar-refractivity contribution >= 4 is 22.9 Å². The molecule has 6 heteroatoms. The molecule has 1 N–H and O–H groups in total. The summed E-state index contributed by atoms with van der Waals surface area (Å²) in [6.45, 7) is 3.36. The maximum atomic E-state index is 12.5. The molecule has 0 aliphatic carbocycles. The number of carbonyl (C=O) groups is 1. The van der Waals surface area contributed by atoms with Crippen molar-refractivity contribution in [3.05, 3.63) is 64.5 Å². The molecule has 1 aliphatic heterocycles. The molecule has 0 radical (unpaired) electrons. The van der Waals surface area contributed by atoms with Crippen LogP contribution in [0, 0.1) is 6.92 Å². The van der Waals surface area contributed by atoms with Gasteiger partial charge in [0.2, 0.25) is 0 Å². The number of aryl methyl sites for hydroxylation is 1. The molecular weight excluding hydrogens is 372 g/mol. The van der Waals surface area contributed by atoms with Crippen LogP contribution in [0.3, 0.4) is 0 Å². The molecule has 1 saturated heterocycles. The maximum absolute atomic E-state index is 12.5. The van der Waals surface area contributed by atoms with Gasteiger partial charge in [0.05, 0.1) is 16.8 Å².